The third-order valence-corrected chi connectivity index (χ3v) is 6.87. The van der Waals surface area contributed by atoms with Crippen LogP contribution in [0.15, 0.2) is 18.2 Å². The van der Waals surface area contributed by atoms with Crippen LogP contribution in [0.5, 0.6) is 0 Å². The van der Waals surface area contributed by atoms with Gasteiger partial charge >= 0.3 is 5.97 Å². The average Bonchev–Trinajstić information content (AvgIpc) is 2.64. The number of carboxylic acids is 1. The van der Waals surface area contributed by atoms with Crippen LogP contribution in [0.4, 0.5) is 4.39 Å². The van der Waals surface area contributed by atoms with Crippen molar-refractivity contribution in [3.05, 3.63) is 35.1 Å². The molecule has 4 unspecified atom stereocenters. The van der Waals surface area contributed by atoms with Gasteiger partial charge < -0.3 is 5.11 Å². The number of fused-ring (bicyclic) bond motifs is 1. The van der Waals surface area contributed by atoms with Gasteiger partial charge in [0.15, 0.2) is 0 Å². The Bertz CT molecular complexity index is 612. The Hall–Kier alpha value is -1.38. The minimum Gasteiger partial charge on any atom is -0.478 e. The molecule has 0 spiro atoms. The van der Waals surface area contributed by atoms with E-state index in [9.17, 15) is 9.18 Å². The molecular formula is C23H33FO2. The second-order valence-corrected chi connectivity index (χ2v) is 8.60. The van der Waals surface area contributed by atoms with E-state index in [1.54, 1.807) is 12.1 Å². The van der Waals surface area contributed by atoms with Crippen LogP contribution >= 0.6 is 0 Å². The third-order valence-electron chi connectivity index (χ3n) is 6.87. The molecule has 0 heterocycles. The first kappa shape index (κ1) is 19.4. The first-order valence-corrected chi connectivity index (χ1v) is 10.6. The summed E-state index contributed by atoms with van der Waals surface area (Å²) in [6, 6.07) is 4.46. The predicted molar refractivity (Wildman–Crippen MR) is 103 cm³/mol. The van der Waals surface area contributed by atoms with Gasteiger partial charge in [0.2, 0.25) is 0 Å². The van der Waals surface area contributed by atoms with E-state index in [2.05, 4.69) is 6.92 Å². The van der Waals surface area contributed by atoms with Crippen molar-refractivity contribution in [3.8, 4) is 0 Å². The summed E-state index contributed by atoms with van der Waals surface area (Å²) in [5.41, 5.74) is 0.777. The van der Waals surface area contributed by atoms with Gasteiger partial charge in [-0.05, 0) is 73.5 Å². The first-order valence-electron chi connectivity index (χ1n) is 10.6. The van der Waals surface area contributed by atoms with Crippen LogP contribution in [-0.4, -0.2) is 11.1 Å². The SMILES string of the molecule is CCCCCCC1CCC2CC(c3ccc(C(=O)O)cc3F)CCC2C1. The summed E-state index contributed by atoms with van der Waals surface area (Å²) in [6.45, 7) is 2.27. The minimum absolute atomic E-state index is 0.0449. The van der Waals surface area contributed by atoms with Gasteiger partial charge in [0.25, 0.3) is 0 Å². The van der Waals surface area contributed by atoms with Crippen molar-refractivity contribution in [1.82, 2.24) is 0 Å². The fraction of sp³-hybridized carbons (Fsp3) is 0.696. The summed E-state index contributed by atoms with van der Waals surface area (Å²) in [5.74, 6) is 1.35. The molecule has 0 bridgehead atoms. The van der Waals surface area contributed by atoms with Gasteiger partial charge in [-0.2, -0.15) is 0 Å². The Labute approximate surface area is 157 Å². The molecule has 0 amide bonds. The maximum Gasteiger partial charge on any atom is 0.335 e. The Balaban J connectivity index is 1.54. The molecular weight excluding hydrogens is 327 g/mol. The van der Waals surface area contributed by atoms with Gasteiger partial charge in [0, 0.05) is 0 Å². The Morgan fingerprint density at radius 3 is 2.58 bits per heavy atom. The van der Waals surface area contributed by atoms with Gasteiger partial charge in [-0.3, -0.25) is 0 Å². The van der Waals surface area contributed by atoms with Crippen molar-refractivity contribution in [2.45, 2.75) is 83.5 Å². The van der Waals surface area contributed by atoms with Gasteiger partial charge in [-0.1, -0.05) is 51.5 Å². The quantitative estimate of drug-likeness (QED) is 0.543. The first-order chi connectivity index (χ1) is 12.6. The molecule has 2 saturated carbocycles. The monoisotopic (exact) mass is 360 g/mol. The van der Waals surface area contributed by atoms with Crippen molar-refractivity contribution in [1.29, 1.82) is 0 Å². The Morgan fingerprint density at radius 1 is 1.08 bits per heavy atom. The highest BCUT2D eigenvalue weighted by Crippen LogP contribution is 2.48. The maximum absolute atomic E-state index is 14.4. The molecule has 2 fully saturated rings. The lowest BCUT2D eigenvalue weighted by atomic mass is 9.63. The van der Waals surface area contributed by atoms with Gasteiger partial charge in [-0.15, -0.1) is 0 Å². The molecule has 1 aromatic carbocycles. The predicted octanol–water partition coefficient (Wildman–Crippen LogP) is 6.79. The van der Waals surface area contributed by atoms with E-state index in [1.165, 1.54) is 63.9 Å². The summed E-state index contributed by atoms with van der Waals surface area (Å²) in [4.78, 5) is 11.0. The number of halogens is 1. The van der Waals surface area contributed by atoms with E-state index >= 15 is 0 Å². The number of benzene rings is 1. The number of hydrogen-bond acceptors (Lipinski definition) is 1. The van der Waals surface area contributed by atoms with Crippen LogP contribution in [0.3, 0.4) is 0 Å². The topological polar surface area (TPSA) is 37.3 Å². The van der Waals surface area contributed by atoms with Crippen molar-refractivity contribution >= 4 is 5.97 Å². The maximum atomic E-state index is 14.4. The second kappa shape index (κ2) is 9.01. The van der Waals surface area contributed by atoms with Gasteiger partial charge in [-0.25, -0.2) is 9.18 Å². The molecule has 2 aliphatic rings. The molecule has 1 N–H and O–H groups in total. The Kier molecular flexibility index (Phi) is 6.72. The van der Waals surface area contributed by atoms with Crippen LogP contribution < -0.4 is 0 Å². The minimum atomic E-state index is -1.06. The van der Waals surface area contributed by atoms with Crippen molar-refractivity contribution in [2.24, 2.45) is 17.8 Å². The lowest BCUT2D eigenvalue weighted by Crippen LogP contribution is -2.30. The summed E-state index contributed by atoms with van der Waals surface area (Å²) in [6.07, 6.45) is 14.2. The molecule has 1 aromatic rings. The molecule has 144 valence electrons. The van der Waals surface area contributed by atoms with Crippen LogP contribution in [-0.2, 0) is 0 Å². The molecule has 0 aromatic heterocycles. The second-order valence-electron chi connectivity index (χ2n) is 8.60. The fourth-order valence-electron chi connectivity index (χ4n) is 5.38. The van der Waals surface area contributed by atoms with Gasteiger partial charge in [0.1, 0.15) is 5.82 Å². The molecule has 26 heavy (non-hydrogen) atoms. The summed E-state index contributed by atoms with van der Waals surface area (Å²) in [5, 5.41) is 9.01. The lowest BCUT2D eigenvalue weighted by Gasteiger charge is -2.42. The van der Waals surface area contributed by atoms with E-state index < -0.39 is 5.97 Å². The highest BCUT2D eigenvalue weighted by atomic mass is 19.1. The van der Waals surface area contributed by atoms with E-state index in [1.807, 2.05) is 0 Å². The molecule has 4 atom stereocenters. The van der Waals surface area contributed by atoms with Crippen molar-refractivity contribution < 1.29 is 14.3 Å². The largest absolute Gasteiger partial charge is 0.478 e. The van der Waals surface area contributed by atoms with Crippen molar-refractivity contribution in [2.75, 3.05) is 0 Å². The number of aromatic carboxylic acids is 1. The number of unbranched alkanes of at least 4 members (excludes halogenated alkanes) is 3. The zero-order chi connectivity index (χ0) is 18.5. The summed E-state index contributed by atoms with van der Waals surface area (Å²) < 4.78 is 14.4. The van der Waals surface area contributed by atoms with E-state index in [4.69, 9.17) is 5.11 Å². The number of hydrogen-bond donors (Lipinski definition) is 1. The average molecular weight is 361 g/mol. The zero-order valence-corrected chi connectivity index (χ0v) is 16.1. The summed E-state index contributed by atoms with van der Waals surface area (Å²) in [7, 11) is 0. The molecule has 3 heteroatoms. The third kappa shape index (κ3) is 4.66. The highest BCUT2D eigenvalue weighted by molar-refractivity contribution is 5.87. The number of carboxylic acid groups (broad SMARTS) is 1. The zero-order valence-electron chi connectivity index (χ0n) is 16.1. The van der Waals surface area contributed by atoms with E-state index in [0.717, 1.165) is 36.2 Å². The number of carbonyl (C=O) groups is 1. The van der Waals surface area contributed by atoms with Crippen molar-refractivity contribution in [3.63, 3.8) is 0 Å². The van der Waals surface area contributed by atoms with Crippen LogP contribution in [0.2, 0.25) is 0 Å². The molecule has 0 saturated heterocycles. The molecule has 3 rings (SSSR count). The van der Waals surface area contributed by atoms with E-state index in [-0.39, 0.29) is 17.3 Å². The molecule has 2 nitrogen and oxygen atoms in total. The molecule has 2 aliphatic carbocycles. The summed E-state index contributed by atoms with van der Waals surface area (Å²) >= 11 is 0. The number of rotatable bonds is 7. The van der Waals surface area contributed by atoms with E-state index in [0.29, 0.717) is 0 Å². The molecule has 0 aliphatic heterocycles. The normalized spacial score (nSPS) is 28.5. The Morgan fingerprint density at radius 2 is 1.85 bits per heavy atom. The van der Waals surface area contributed by atoms with Crippen LogP contribution in [0, 0.1) is 23.6 Å². The van der Waals surface area contributed by atoms with Crippen LogP contribution in [0.25, 0.3) is 0 Å². The smallest absolute Gasteiger partial charge is 0.335 e. The lowest BCUT2D eigenvalue weighted by molar-refractivity contribution is 0.0696. The van der Waals surface area contributed by atoms with Crippen LogP contribution in [0.1, 0.15) is 99.4 Å². The van der Waals surface area contributed by atoms with Gasteiger partial charge in [0.05, 0.1) is 5.56 Å². The standard InChI is InChI=1S/C23H33FO2/c1-2-3-4-5-6-16-7-8-18-14-19(10-9-17(18)13-16)21-12-11-20(23(25)26)15-22(21)24/h11-12,15-19H,2-10,13-14H2,1H3,(H,25,26). The highest BCUT2D eigenvalue weighted by Gasteiger charge is 2.36. The fourth-order valence-corrected chi connectivity index (χ4v) is 5.38. The molecule has 0 radical (unpaired) electrons.